The highest BCUT2D eigenvalue weighted by Gasteiger charge is 2.25. The van der Waals surface area contributed by atoms with Gasteiger partial charge in [0.1, 0.15) is 0 Å². The van der Waals surface area contributed by atoms with Gasteiger partial charge in [-0.3, -0.25) is 4.79 Å². The molecule has 3 aromatic carbocycles. The molecule has 0 aliphatic heterocycles. The number of esters is 1. The minimum absolute atomic E-state index is 0.246. The van der Waals surface area contributed by atoms with Crippen LogP contribution in [-0.2, 0) is 4.74 Å². The topological polar surface area (TPSA) is 56.3 Å². The number of aromatic nitrogens is 1. The summed E-state index contributed by atoms with van der Waals surface area (Å²) in [6.07, 6.45) is -0.925. The van der Waals surface area contributed by atoms with Crippen LogP contribution in [0, 0.1) is 13.8 Å². The molecule has 1 aromatic heterocycles. The first-order valence-corrected chi connectivity index (χ1v) is 10.7. The Labute approximate surface area is 191 Å². The molecule has 0 amide bonds. The van der Waals surface area contributed by atoms with Gasteiger partial charge < -0.3 is 4.74 Å². The summed E-state index contributed by atoms with van der Waals surface area (Å²) in [5, 5.41) is 1.26. The molecule has 0 saturated heterocycles. The minimum atomic E-state index is -0.925. The van der Waals surface area contributed by atoms with Gasteiger partial charge in [-0.25, -0.2) is 9.78 Å². The van der Waals surface area contributed by atoms with Crippen molar-refractivity contribution in [2.75, 3.05) is 0 Å². The first-order valence-electron chi connectivity index (χ1n) is 10.3. The highest BCUT2D eigenvalue weighted by atomic mass is 35.5. The number of ketones is 1. The number of ether oxygens (including phenoxy) is 1. The Morgan fingerprint density at radius 1 is 0.938 bits per heavy atom. The van der Waals surface area contributed by atoms with Gasteiger partial charge in [0.2, 0.25) is 5.78 Å². The third-order valence-corrected chi connectivity index (χ3v) is 5.66. The lowest BCUT2D eigenvalue weighted by atomic mass is 9.97. The van der Waals surface area contributed by atoms with Crippen molar-refractivity contribution >= 4 is 34.3 Å². The molecule has 4 rings (SSSR count). The summed E-state index contributed by atoms with van der Waals surface area (Å²) in [5.41, 5.74) is 4.75. The van der Waals surface area contributed by atoms with Crippen LogP contribution in [0.4, 0.5) is 0 Å². The summed E-state index contributed by atoms with van der Waals surface area (Å²) in [5.74, 6) is -0.804. The quantitative estimate of drug-likeness (QED) is 0.257. The summed E-state index contributed by atoms with van der Waals surface area (Å²) in [7, 11) is 0. The molecule has 0 spiro atoms. The van der Waals surface area contributed by atoms with Gasteiger partial charge in [-0.1, -0.05) is 71.8 Å². The van der Waals surface area contributed by atoms with Crippen LogP contribution in [0.3, 0.4) is 0 Å². The third-order valence-electron chi connectivity index (χ3n) is 5.43. The van der Waals surface area contributed by atoms with Crippen LogP contribution in [0.25, 0.3) is 22.2 Å². The van der Waals surface area contributed by atoms with Gasteiger partial charge in [0.05, 0.1) is 16.8 Å². The molecule has 1 atom stereocenters. The van der Waals surface area contributed by atoms with E-state index in [0.717, 1.165) is 11.1 Å². The number of aryl methyl sites for hydroxylation is 1. The van der Waals surface area contributed by atoms with Gasteiger partial charge in [-0.05, 0) is 44.5 Å². The molecule has 0 bridgehead atoms. The average Bonchev–Trinajstić information content (AvgIpc) is 2.78. The first-order chi connectivity index (χ1) is 15.3. The van der Waals surface area contributed by atoms with E-state index in [1.54, 1.807) is 25.1 Å². The number of nitrogens with zero attached hydrogens (tertiary/aromatic N) is 1. The molecule has 4 nitrogen and oxygen atoms in total. The maximum Gasteiger partial charge on any atom is 0.339 e. The number of pyridine rings is 1. The standard InChI is InChI=1S/C27H22ClNO3/c1-16-11-13-19(14-12-16)26(30)18(3)32-27(31)24-17(2)25(20-7-6-8-21(28)15-20)29-23-10-5-4-9-22(23)24/h4-15,18H,1-3H3. The van der Waals surface area contributed by atoms with E-state index in [2.05, 4.69) is 0 Å². The predicted molar refractivity (Wildman–Crippen MR) is 127 cm³/mol. The Hall–Kier alpha value is -3.50. The molecule has 0 radical (unpaired) electrons. The van der Waals surface area contributed by atoms with Gasteiger partial charge in [0.15, 0.2) is 6.10 Å². The fraction of sp³-hybridized carbons (Fsp3) is 0.148. The average molecular weight is 444 g/mol. The lowest BCUT2D eigenvalue weighted by molar-refractivity contribution is 0.0320. The van der Waals surface area contributed by atoms with Crippen LogP contribution < -0.4 is 0 Å². The molecule has 0 N–H and O–H groups in total. The van der Waals surface area contributed by atoms with Crippen LogP contribution in [-0.4, -0.2) is 22.8 Å². The van der Waals surface area contributed by atoms with Crippen molar-refractivity contribution in [3.8, 4) is 11.3 Å². The second-order valence-corrected chi connectivity index (χ2v) is 8.20. The third kappa shape index (κ3) is 4.27. The molecule has 5 heteroatoms. The van der Waals surface area contributed by atoms with E-state index in [1.165, 1.54) is 0 Å². The molecule has 1 unspecified atom stereocenters. The van der Waals surface area contributed by atoms with Gasteiger partial charge in [0, 0.05) is 21.5 Å². The van der Waals surface area contributed by atoms with Crippen molar-refractivity contribution in [1.29, 1.82) is 0 Å². The number of Topliss-reactive ketones (excluding diaryl/α,β-unsaturated/α-hetero) is 1. The molecule has 160 valence electrons. The zero-order valence-electron chi connectivity index (χ0n) is 18.1. The van der Waals surface area contributed by atoms with E-state index in [-0.39, 0.29) is 5.78 Å². The maximum absolute atomic E-state index is 13.3. The molecule has 1 heterocycles. The van der Waals surface area contributed by atoms with E-state index >= 15 is 0 Å². The number of para-hydroxylation sites is 1. The fourth-order valence-electron chi connectivity index (χ4n) is 3.71. The summed E-state index contributed by atoms with van der Waals surface area (Å²) < 4.78 is 5.64. The van der Waals surface area contributed by atoms with E-state index in [4.69, 9.17) is 21.3 Å². The van der Waals surface area contributed by atoms with E-state index in [1.807, 2.05) is 68.4 Å². The minimum Gasteiger partial charge on any atom is -0.451 e. The Bertz CT molecular complexity index is 1330. The normalized spacial score (nSPS) is 11.9. The number of benzene rings is 3. The summed E-state index contributed by atoms with van der Waals surface area (Å²) in [6.45, 7) is 5.38. The van der Waals surface area contributed by atoms with E-state index in [9.17, 15) is 9.59 Å². The molecular weight excluding hydrogens is 422 g/mol. The van der Waals surface area contributed by atoms with Gasteiger partial charge >= 0.3 is 5.97 Å². The largest absolute Gasteiger partial charge is 0.451 e. The zero-order chi connectivity index (χ0) is 22.8. The smallest absolute Gasteiger partial charge is 0.339 e. The van der Waals surface area contributed by atoms with Crippen molar-refractivity contribution in [3.63, 3.8) is 0 Å². The van der Waals surface area contributed by atoms with Gasteiger partial charge in [0.25, 0.3) is 0 Å². The van der Waals surface area contributed by atoms with Crippen LogP contribution in [0.15, 0.2) is 72.8 Å². The number of carbonyl (C=O) groups is 2. The second kappa shape index (κ2) is 8.93. The highest BCUT2D eigenvalue weighted by Crippen LogP contribution is 2.31. The lowest BCUT2D eigenvalue weighted by Crippen LogP contribution is -2.25. The Kier molecular flexibility index (Phi) is 6.06. The maximum atomic E-state index is 13.3. The van der Waals surface area contributed by atoms with Crippen LogP contribution in [0.5, 0.6) is 0 Å². The Morgan fingerprint density at radius 2 is 1.66 bits per heavy atom. The van der Waals surface area contributed by atoms with Crippen molar-refractivity contribution in [3.05, 3.63) is 100 Å². The number of fused-ring (bicyclic) bond motifs is 1. The number of carbonyl (C=O) groups excluding carboxylic acids is 2. The molecule has 0 saturated carbocycles. The highest BCUT2D eigenvalue weighted by molar-refractivity contribution is 6.30. The zero-order valence-corrected chi connectivity index (χ0v) is 18.8. The summed E-state index contributed by atoms with van der Waals surface area (Å²) >= 11 is 6.18. The molecule has 4 aromatic rings. The molecular formula is C27H22ClNO3. The number of rotatable bonds is 5. The van der Waals surface area contributed by atoms with E-state index < -0.39 is 12.1 Å². The Balaban J connectivity index is 1.74. The van der Waals surface area contributed by atoms with Crippen molar-refractivity contribution < 1.29 is 14.3 Å². The number of hydrogen-bond acceptors (Lipinski definition) is 4. The predicted octanol–water partition coefficient (Wildman–Crippen LogP) is 6.60. The molecule has 0 aliphatic rings. The lowest BCUT2D eigenvalue weighted by Gasteiger charge is -2.17. The second-order valence-electron chi connectivity index (χ2n) is 7.77. The monoisotopic (exact) mass is 443 g/mol. The number of hydrogen-bond donors (Lipinski definition) is 0. The summed E-state index contributed by atoms with van der Waals surface area (Å²) in [4.78, 5) is 30.9. The SMILES string of the molecule is Cc1ccc(C(=O)C(C)OC(=O)c2c(C)c(-c3cccc(Cl)c3)nc3ccccc23)cc1. The van der Waals surface area contributed by atoms with Crippen LogP contribution >= 0.6 is 11.6 Å². The number of halogens is 1. The van der Waals surface area contributed by atoms with Crippen molar-refractivity contribution in [1.82, 2.24) is 4.98 Å². The van der Waals surface area contributed by atoms with Gasteiger partial charge in [-0.2, -0.15) is 0 Å². The Morgan fingerprint density at radius 3 is 2.38 bits per heavy atom. The van der Waals surface area contributed by atoms with Crippen molar-refractivity contribution in [2.45, 2.75) is 26.9 Å². The molecule has 0 fully saturated rings. The summed E-state index contributed by atoms with van der Waals surface area (Å²) in [6, 6.07) is 21.9. The van der Waals surface area contributed by atoms with Gasteiger partial charge in [-0.15, -0.1) is 0 Å². The van der Waals surface area contributed by atoms with Crippen LogP contribution in [0.1, 0.15) is 38.8 Å². The first kappa shape index (κ1) is 21.7. The molecule has 32 heavy (non-hydrogen) atoms. The molecule has 0 aliphatic carbocycles. The van der Waals surface area contributed by atoms with E-state index in [0.29, 0.717) is 38.3 Å². The van der Waals surface area contributed by atoms with Crippen molar-refractivity contribution in [2.24, 2.45) is 0 Å². The van der Waals surface area contributed by atoms with Crippen LogP contribution in [0.2, 0.25) is 5.02 Å². The fourth-order valence-corrected chi connectivity index (χ4v) is 3.90.